The van der Waals surface area contributed by atoms with E-state index in [4.69, 9.17) is 0 Å². The van der Waals surface area contributed by atoms with Gasteiger partial charge in [-0.1, -0.05) is 4.51 Å². The summed E-state index contributed by atoms with van der Waals surface area (Å²) in [5.41, 5.74) is 0. The van der Waals surface area contributed by atoms with E-state index in [1.54, 1.807) is 19.3 Å². The van der Waals surface area contributed by atoms with E-state index in [0.717, 1.165) is 23.7 Å². The molecule has 3 saturated carbocycles. The fraction of sp³-hybridized carbons (Fsp3) is 0.900. The fourth-order valence-corrected chi connectivity index (χ4v) is 5.00. The van der Waals surface area contributed by atoms with Crippen LogP contribution in [0.4, 0.5) is 0 Å². The molecular formula is C10H16IN. The van der Waals surface area contributed by atoms with Crippen molar-refractivity contribution < 1.29 is 0 Å². The van der Waals surface area contributed by atoms with E-state index < -0.39 is 0 Å². The van der Waals surface area contributed by atoms with Gasteiger partial charge in [0.15, 0.2) is 0 Å². The lowest BCUT2D eigenvalue weighted by Gasteiger charge is -2.48. The van der Waals surface area contributed by atoms with Crippen LogP contribution in [0.15, 0.2) is 0 Å². The van der Waals surface area contributed by atoms with E-state index >= 15 is 0 Å². The average Bonchev–Trinajstić information content (AvgIpc) is 2.43. The lowest BCUT2D eigenvalue weighted by molar-refractivity contribution is 0.0248. The second-order valence-corrected chi connectivity index (χ2v) is 6.75. The van der Waals surface area contributed by atoms with Crippen molar-refractivity contribution in [2.75, 3.05) is 13.1 Å². The van der Waals surface area contributed by atoms with E-state index in [1.807, 2.05) is 0 Å². The van der Waals surface area contributed by atoms with Gasteiger partial charge in [0, 0.05) is 13.1 Å². The average molecular weight is 277 g/mol. The van der Waals surface area contributed by atoms with Crippen molar-refractivity contribution in [3.05, 3.63) is 0 Å². The quantitative estimate of drug-likeness (QED) is 0.525. The molecule has 12 heavy (non-hydrogen) atoms. The normalized spacial score (nSPS) is 51.7. The molecule has 0 spiro atoms. The van der Waals surface area contributed by atoms with Crippen molar-refractivity contribution in [1.29, 1.82) is 0 Å². The highest BCUT2D eigenvalue weighted by Gasteiger charge is 2.48. The highest BCUT2D eigenvalue weighted by molar-refractivity contribution is 14.2. The summed E-state index contributed by atoms with van der Waals surface area (Å²) in [6, 6.07) is 0. The number of hydrogen-bond donors (Lipinski definition) is 0. The maximum absolute atomic E-state index is 4.10. The zero-order valence-electron chi connectivity index (χ0n) is 7.38. The van der Waals surface area contributed by atoms with E-state index in [2.05, 4.69) is 7.63 Å². The van der Waals surface area contributed by atoms with Crippen LogP contribution in [0.3, 0.4) is 0 Å². The van der Waals surface area contributed by atoms with Crippen LogP contribution >= 0.6 is 21.0 Å². The largest absolute Gasteiger partial charge is 0.253 e. The van der Waals surface area contributed by atoms with Crippen molar-refractivity contribution in [2.24, 2.45) is 23.7 Å². The van der Waals surface area contributed by atoms with E-state index in [1.165, 1.54) is 13.1 Å². The minimum atomic E-state index is 0.147. The molecule has 1 nitrogen and oxygen atoms in total. The van der Waals surface area contributed by atoms with Crippen LogP contribution in [-0.4, -0.2) is 20.7 Å². The van der Waals surface area contributed by atoms with Gasteiger partial charge in [0.2, 0.25) is 0 Å². The maximum atomic E-state index is 4.10. The Morgan fingerprint density at radius 2 is 1.83 bits per heavy atom. The zero-order chi connectivity index (χ0) is 8.13. The van der Waals surface area contributed by atoms with Gasteiger partial charge in [0.05, 0.1) is 0 Å². The van der Waals surface area contributed by atoms with Gasteiger partial charge in [-0.15, -0.1) is 0 Å². The number of hydrogen-bond acceptors (Lipinski definition) is 1. The molecule has 0 N–H and O–H groups in total. The summed E-state index contributed by atoms with van der Waals surface area (Å²) in [7, 11) is 0. The van der Waals surface area contributed by atoms with Crippen LogP contribution in [0.5, 0.6) is 0 Å². The van der Waals surface area contributed by atoms with E-state index in [0.29, 0.717) is 0 Å². The molecule has 1 aliphatic heterocycles. The molecule has 1 saturated heterocycles. The molecule has 2 bridgehead atoms. The SMILES string of the molecule is C=IN1CC2CC3CC(C3)C2C1. The van der Waals surface area contributed by atoms with Gasteiger partial charge < -0.3 is 0 Å². The van der Waals surface area contributed by atoms with Gasteiger partial charge in [-0.2, -0.15) is 0 Å². The maximum Gasteiger partial charge on any atom is 0.0111 e. The second kappa shape index (κ2) is 2.77. The van der Waals surface area contributed by atoms with Gasteiger partial charge in [-0.05, 0) is 63.9 Å². The smallest absolute Gasteiger partial charge is 0.0111 e. The van der Waals surface area contributed by atoms with Crippen LogP contribution in [0.25, 0.3) is 0 Å². The summed E-state index contributed by atoms with van der Waals surface area (Å²) in [5.74, 6) is 4.45. The Labute approximate surface area is 84.6 Å². The van der Waals surface area contributed by atoms with Crippen molar-refractivity contribution >= 4 is 25.5 Å². The van der Waals surface area contributed by atoms with Crippen LogP contribution < -0.4 is 0 Å². The van der Waals surface area contributed by atoms with E-state index in [9.17, 15) is 0 Å². The van der Waals surface area contributed by atoms with Gasteiger partial charge in [0.25, 0.3) is 0 Å². The predicted molar refractivity (Wildman–Crippen MR) is 60.5 cm³/mol. The van der Waals surface area contributed by atoms with Crippen molar-refractivity contribution in [2.45, 2.75) is 19.3 Å². The second-order valence-electron chi connectivity index (χ2n) is 4.70. The first kappa shape index (κ1) is 7.92. The predicted octanol–water partition coefficient (Wildman–Crippen LogP) is 2.28. The monoisotopic (exact) mass is 277 g/mol. The third kappa shape index (κ3) is 1.03. The molecule has 4 rings (SSSR count). The molecule has 2 heteroatoms. The Morgan fingerprint density at radius 3 is 2.50 bits per heavy atom. The molecule has 4 fully saturated rings. The van der Waals surface area contributed by atoms with Crippen LogP contribution in [0.1, 0.15) is 19.3 Å². The first-order chi connectivity index (χ1) is 5.86. The third-order valence-electron chi connectivity index (χ3n) is 4.13. The molecule has 2 unspecified atom stereocenters. The Morgan fingerprint density at radius 1 is 1.08 bits per heavy atom. The standard InChI is InChI=1S/C10H16IN/c1-11-12-5-9-4-7-2-8(3-7)10(9)6-12/h7-10H,1-6H2. The highest BCUT2D eigenvalue weighted by Crippen LogP contribution is 2.54. The third-order valence-corrected chi connectivity index (χ3v) is 5.88. The summed E-state index contributed by atoms with van der Waals surface area (Å²) in [6.07, 6.45) is 4.70. The van der Waals surface area contributed by atoms with E-state index in [-0.39, 0.29) is 21.0 Å². The minimum absolute atomic E-state index is 0.147. The Hall–Kier alpha value is 0.560. The summed E-state index contributed by atoms with van der Waals surface area (Å²) in [4.78, 5) is 0. The topological polar surface area (TPSA) is 3.24 Å². The first-order valence-electron chi connectivity index (χ1n) is 5.00. The molecule has 1 heterocycles. The zero-order valence-corrected chi connectivity index (χ0v) is 9.53. The number of halogens is 1. The lowest BCUT2D eigenvalue weighted by atomic mass is 9.57. The number of nitrogens with zero attached hydrogens (tertiary/aromatic N) is 1. The van der Waals surface area contributed by atoms with Crippen LogP contribution in [0.2, 0.25) is 0 Å². The van der Waals surface area contributed by atoms with Crippen molar-refractivity contribution in [1.82, 2.24) is 3.11 Å². The molecule has 0 radical (unpaired) electrons. The Balaban J connectivity index is 1.77. The van der Waals surface area contributed by atoms with Crippen LogP contribution in [-0.2, 0) is 0 Å². The Kier molecular flexibility index (Phi) is 1.83. The van der Waals surface area contributed by atoms with Crippen molar-refractivity contribution in [3.63, 3.8) is 0 Å². The highest BCUT2D eigenvalue weighted by atomic mass is 127. The summed E-state index contributed by atoms with van der Waals surface area (Å²) in [5, 5.41) is 0. The number of rotatable bonds is 1. The molecule has 4 aliphatic rings. The van der Waals surface area contributed by atoms with Gasteiger partial charge >= 0.3 is 0 Å². The molecule has 2 atom stereocenters. The van der Waals surface area contributed by atoms with Gasteiger partial charge in [0.1, 0.15) is 0 Å². The molecule has 0 aromatic carbocycles. The first-order valence-corrected chi connectivity index (χ1v) is 7.49. The van der Waals surface area contributed by atoms with Gasteiger partial charge in [-0.25, -0.2) is 0 Å². The minimum Gasteiger partial charge on any atom is -0.253 e. The summed E-state index contributed by atoms with van der Waals surface area (Å²) >= 11 is 0.147. The van der Waals surface area contributed by atoms with Crippen LogP contribution in [0, 0.1) is 23.7 Å². The molecule has 3 aliphatic carbocycles. The molecule has 68 valence electrons. The molecular weight excluding hydrogens is 261 g/mol. The molecule has 0 amide bonds. The summed E-state index contributed by atoms with van der Waals surface area (Å²) in [6.45, 7) is 2.83. The molecule has 0 aromatic rings. The fourth-order valence-electron chi connectivity index (χ4n) is 3.48. The summed E-state index contributed by atoms with van der Waals surface area (Å²) < 4.78 is 6.76. The lowest BCUT2D eigenvalue weighted by Crippen LogP contribution is -2.41. The Bertz CT molecular complexity index is 210. The van der Waals surface area contributed by atoms with Crippen molar-refractivity contribution in [3.8, 4) is 0 Å². The molecule has 0 aromatic heterocycles. The van der Waals surface area contributed by atoms with Gasteiger partial charge in [-0.3, -0.25) is 3.11 Å².